The number of pyridine rings is 2. The van der Waals surface area contributed by atoms with Gasteiger partial charge in [-0.3, -0.25) is 4.90 Å². The number of piperazine rings is 1. The van der Waals surface area contributed by atoms with Crippen LogP contribution in [0.3, 0.4) is 0 Å². The number of aryl methyl sites for hydroxylation is 1. The molecular weight excluding hydrogens is 348 g/mol. The van der Waals surface area contributed by atoms with Gasteiger partial charge < -0.3 is 9.30 Å². The van der Waals surface area contributed by atoms with Crippen LogP contribution in [0.5, 0.6) is 0 Å². The van der Waals surface area contributed by atoms with Gasteiger partial charge in [0.05, 0.1) is 10.7 Å². The highest BCUT2D eigenvalue weighted by Crippen LogP contribution is 2.18. The molecule has 132 valence electrons. The van der Waals surface area contributed by atoms with Crippen LogP contribution in [0.15, 0.2) is 36.7 Å². The Morgan fingerprint density at radius 2 is 1.88 bits per heavy atom. The van der Waals surface area contributed by atoms with Crippen molar-refractivity contribution in [3.05, 3.63) is 58.6 Å². The van der Waals surface area contributed by atoms with E-state index in [0.717, 1.165) is 55.4 Å². The number of nitrogens with zero attached hydrogens (tertiary/aromatic N) is 6. The van der Waals surface area contributed by atoms with Gasteiger partial charge >= 0.3 is 0 Å². The van der Waals surface area contributed by atoms with E-state index in [1.165, 1.54) is 0 Å². The molecule has 1 fully saturated rings. The van der Waals surface area contributed by atoms with E-state index in [9.17, 15) is 0 Å². The lowest BCUT2D eigenvalue weighted by molar-refractivity contribution is 0.247. The van der Waals surface area contributed by atoms with E-state index in [-0.39, 0.29) is 0 Å². The Bertz CT molecular complexity index is 981. The molecule has 7 heteroatoms. The van der Waals surface area contributed by atoms with E-state index in [4.69, 9.17) is 16.9 Å². The second-order valence-corrected chi connectivity index (χ2v) is 6.99. The summed E-state index contributed by atoms with van der Waals surface area (Å²) >= 11 is 6.03. The number of hydrogen-bond acceptors (Lipinski definition) is 5. The number of imidazole rings is 1. The number of nitriles is 1. The lowest BCUT2D eigenvalue weighted by Crippen LogP contribution is -2.46. The highest BCUT2D eigenvalue weighted by molar-refractivity contribution is 6.30. The second-order valence-electron chi connectivity index (χ2n) is 6.55. The van der Waals surface area contributed by atoms with Gasteiger partial charge in [-0.1, -0.05) is 17.7 Å². The standard InChI is InChI=1S/C19H19ClN6/c1-14-2-4-19(23-17(14)10-21)25-8-6-24(7-9-25)12-16-13-26-11-15(20)3-5-18(26)22-16/h2-5,11,13H,6-9,12H2,1H3. The number of rotatable bonds is 3. The first kappa shape index (κ1) is 16.8. The molecule has 0 bridgehead atoms. The van der Waals surface area contributed by atoms with E-state index in [1.54, 1.807) is 0 Å². The Morgan fingerprint density at radius 1 is 1.08 bits per heavy atom. The van der Waals surface area contributed by atoms with Crippen LogP contribution in [0.1, 0.15) is 17.0 Å². The average molecular weight is 367 g/mol. The summed E-state index contributed by atoms with van der Waals surface area (Å²) in [5.74, 6) is 0.883. The Balaban J connectivity index is 1.41. The normalized spacial score (nSPS) is 15.3. The van der Waals surface area contributed by atoms with Crippen molar-refractivity contribution >= 4 is 23.1 Å². The molecule has 3 aromatic heterocycles. The molecule has 0 saturated carbocycles. The predicted molar refractivity (Wildman–Crippen MR) is 101 cm³/mol. The molecule has 1 saturated heterocycles. The van der Waals surface area contributed by atoms with Crippen molar-refractivity contribution in [3.8, 4) is 6.07 Å². The number of anilines is 1. The van der Waals surface area contributed by atoms with E-state index < -0.39 is 0 Å². The minimum absolute atomic E-state index is 0.508. The van der Waals surface area contributed by atoms with Gasteiger partial charge in [0.15, 0.2) is 0 Å². The van der Waals surface area contributed by atoms with Crippen LogP contribution in [0.25, 0.3) is 5.65 Å². The number of aromatic nitrogens is 3. The summed E-state index contributed by atoms with van der Waals surface area (Å²) in [6.07, 6.45) is 3.91. The summed E-state index contributed by atoms with van der Waals surface area (Å²) in [6, 6.07) is 9.92. The molecule has 3 aromatic rings. The SMILES string of the molecule is Cc1ccc(N2CCN(Cc3cn4cc(Cl)ccc4n3)CC2)nc1C#N. The molecule has 0 unspecified atom stereocenters. The zero-order valence-electron chi connectivity index (χ0n) is 14.6. The third-order valence-electron chi connectivity index (χ3n) is 4.73. The van der Waals surface area contributed by atoms with E-state index in [0.29, 0.717) is 10.7 Å². The summed E-state index contributed by atoms with van der Waals surface area (Å²) in [7, 11) is 0. The highest BCUT2D eigenvalue weighted by atomic mass is 35.5. The quantitative estimate of drug-likeness (QED) is 0.713. The van der Waals surface area contributed by atoms with Crippen molar-refractivity contribution in [3.63, 3.8) is 0 Å². The molecule has 4 heterocycles. The van der Waals surface area contributed by atoms with Gasteiger partial charge in [-0.15, -0.1) is 0 Å². The third-order valence-corrected chi connectivity index (χ3v) is 4.96. The third kappa shape index (κ3) is 3.36. The van der Waals surface area contributed by atoms with Gasteiger partial charge in [-0.05, 0) is 30.7 Å². The van der Waals surface area contributed by atoms with E-state index >= 15 is 0 Å². The van der Waals surface area contributed by atoms with Crippen LogP contribution in [-0.4, -0.2) is 45.4 Å². The highest BCUT2D eigenvalue weighted by Gasteiger charge is 2.19. The number of hydrogen-bond donors (Lipinski definition) is 0. The number of halogens is 1. The van der Waals surface area contributed by atoms with Crippen LogP contribution in [0.2, 0.25) is 5.02 Å². The van der Waals surface area contributed by atoms with Crippen molar-refractivity contribution < 1.29 is 0 Å². The molecule has 0 atom stereocenters. The Kier molecular flexibility index (Phi) is 4.49. The van der Waals surface area contributed by atoms with E-state index in [1.807, 2.05) is 48.0 Å². The molecular formula is C19H19ClN6. The Labute approximate surface area is 157 Å². The molecule has 0 aromatic carbocycles. The van der Waals surface area contributed by atoms with Crippen LogP contribution in [0, 0.1) is 18.3 Å². The maximum absolute atomic E-state index is 9.17. The van der Waals surface area contributed by atoms with Gasteiger partial charge in [0, 0.05) is 45.1 Å². The summed E-state index contributed by atoms with van der Waals surface area (Å²) < 4.78 is 1.97. The van der Waals surface area contributed by atoms with Crippen molar-refractivity contribution in [2.45, 2.75) is 13.5 Å². The summed E-state index contributed by atoms with van der Waals surface area (Å²) in [4.78, 5) is 13.8. The summed E-state index contributed by atoms with van der Waals surface area (Å²) in [6.45, 7) is 6.38. The maximum Gasteiger partial charge on any atom is 0.145 e. The zero-order chi connectivity index (χ0) is 18.1. The molecule has 0 N–H and O–H groups in total. The maximum atomic E-state index is 9.17. The molecule has 1 aliphatic heterocycles. The van der Waals surface area contributed by atoms with Crippen molar-refractivity contribution in [2.24, 2.45) is 0 Å². The molecule has 0 spiro atoms. The van der Waals surface area contributed by atoms with Crippen molar-refractivity contribution in [1.82, 2.24) is 19.3 Å². The topological polar surface area (TPSA) is 60.5 Å². The fourth-order valence-electron chi connectivity index (χ4n) is 3.27. The largest absolute Gasteiger partial charge is 0.354 e. The summed E-state index contributed by atoms with van der Waals surface area (Å²) in [5, 5.41) is 9.87. The van der Waals surface area contributed by atoms with Crippen molar-refractivity contribution in [1.29, 1.82) is 5.26 Å². The van der Waals surface area contributed by atoms with Gasteiger partial charge in [0.1, 0.15) is 23.2 Å². The average Bonchev–Trinajstić information content (AvgIpc) is 3.04. The van der Waals surface area contributed by atoms with Crippen LogP contribution in [-0.2, 0) is 6.54 Å². The lowest BCUT2D eigenvalue weighted by Gasteiger charge is -2.35. The van der Waals surface area contributed by atoms with Gasteiger partial charge in [-0.2, -0.15) is 5.26 Å². The Morgan fingerprint density at radius 3 is 2.65 bits per heavy atom. The first-order valence-corrected chi connectivity index (χ1v) is 8.98. The monoisotopic (exact) mass is 366 g/mol. The van der Waals surface area contributed by atoms with Gasteiger partial charge in [0.2, 0.25) is 0 Å². The Hall–Kier alpha value is -2.62. The fourth-order valence-corrected chi connectivity index (χ4v) is 3.43. The van der Waals surface area contributed by atoms with Crippen molar-refractivity contribution in [2.75, 3.05) is 31.1 Å². The smallest absolute Gasteiger partial charge is 0.145 e. The number of fused-ring (bicyclic) bond motifs is 1. The molecule has 0 aliphatic carbocycles. The predicted octanol–water partition coefficient (Wildman–Crippen LogP) is 2.89. The molecule has 1 aliphatic rings. The summed E-state index contributed by atoms with van der Waals surface area (Å²) in [5.41, 5.74) is 3.38. The molecule has 0 amide bonds. The lowest BCUT2D eigenvalue weighted by atomic mass is 10.2. The van der Waals surface area contributed by atoms with Crippen LogP contribution >= 0.6 is 11.6 Å². The van der Waals surface area contributed by atoms with Gasteiger partial charge in [-0.25, -0.2) is 9.97 Å². The molecule has 4 rings (SSSR count). The molecule has 0 radical (unpaired) electrons. The van der Waals surface area contributed by atoms with Crippen LogP contribution < -0.4 is 4.90 Å². The first-order valence-electron chi connectivity index (χ1n) is 8.60. The zero-order valence-corrected chi connectivity index (χ0v) is 15.3. The fraction of sp³-hybridized carbons (Fsp3) is 0.316. The minimum Gasteiger partial charge on any atom is -0.354 e. The molecule has 26 heavy (non-hydrogen) atoms. The first-order chi connectivity index (χ1) is 12.6. The van der Waals surface area contributed by atoms with Crippen LogP contribution in [0.4, 0.5) is 5.82 Å². The molecule has 6 nitrogen and oxygen atoms in total. The van der Waals surface area contributed by atoms with Gasteiger partial charge in [0.25, 0.3) is 0 Å². The minimum atomic E-state index is 0.508. The van der Waals surface area contributed by atoms with E-state index in [2.05, 4.69) is 25.8 Å². The second kappa shape index (κ2) is 6.94.